The van der Waals surface area contributed by atoms with Crippen molar-refractivity contribution in [2.45, 2.75) is 53.1 Å². The molecule has 1 N–H and O–H groups in total. The van der Waals surface area contributed by atoms with Gasteiger partial charge in [-0.3, -0.25) is 0 Å². The number of fused-ring (bicyclic) bond motifs is 1. The SMILES string of the molecule is CC(C)C.Cc1cc2c(s1)C(O)CCC2. The van der Waals surface area contributed by atoms with Crippen molar-refractivity contribution in [2.24, 2.45) is 5.92 Å². The zero-order valence-electron chi connectivity index (χ0n) is 10.2. The van der Waals surface area contributed by atoms with E-state index in [1.807, 2.05) is 0 Å². The summed E-state index contributed by atoms with van der Waals surface area (Å²) < 4.78 is 0. The van der Waals surface area contributed by atoms with Crippen molar-refractivity contribution in [1.29, 1.82) is 0 Å². The molecule has 1 aromatic rings. The molecule has 2 rings (SSSR count). The minimum atomic E-state index is -0.169. The molecule has 1 heterocycles. The van der Waals surface area contributed by atoms with Crippen LogP contribution in [0, 0.1) is 12.8 Å². The Morgan fingerprint density at radius 1 is 1.40 bits per heavy atom. The molecule has 2 heteroatoms. The van der Waals surface area contributed by atoms with Gasteiger partial charge in [-0.15, -0.1) is 11.3 Å². The van der Waals surface area contributed by atoms with E-state index in [4.69, 9.17) is 0 Å². The van der Waals surface area contributed by atoms with Crippen molar-refractivity contribution in [3.8, 4) is 0 Å². The molecule has 0 aromatic carbocycles. The first kappa shape index (κ1) is 12.7. The lowest BCUT2D eigenvalue weighted by Gasteiger charge is -2.16. The van der Waals surface area contributed by atoms with Gasteiger partial charge in [0.15, 0.2) is 0 Å². The largest absolute Gasteiger partial charge is 0.388 e. The lowest BCUT2D eigenvalue weighted by atomic mass is 9.97. The number of hydrogen-bond donors (Lipinski definition) is 1. The summed E-state index contributed by atoms with van der Waals surface area (Å²) in [7, 11) is 0. The number of thiophene rings is 1. The molecule has 0 aliphatic heterocycles. The molecule has 0 amide bonds. The molecule has 0 fully saturated rings. The Hall–Kier alpha value is -0.340. The Kier molecular flexibility index (Phi) is 4.81. The second-order valence-electron chi connectivity index (χ2n) is 4.89. The van der Waals surface area contributed by atoms with Crippen LogP contribution in [0.25, 0.3) is 0 Å². The molecule has 0 radical (unpaired) electrons. The van der Waals surface area contributed by atoms with Crippen molar-refractivity contribution in [1.82, 2.24) is 0 Å². The highest BCUT2D eigenvalue weighted by Crippen LogP contribution is 2.35. The van der Waals surface area contributed by atoms with Gasteiger partial charge in [0, 0.05) is 9.75 Å². The van der Waals surface area contributed by atoms with Gasteiger partial charge in [0.25, 0.3) is 0 Å². The molecule has 0 spiro atoms. The minimum absolute atomic E-state index is 0.169. The van der Waals surface area contributed by atoms with Crippen LogP contribution in [-0.4, -0.2) is 5.11 Å². The Bertz CT molecular complexity index is 299. The number of aliphatic hydroxyl groups excluding tert-OH is 1. The number of rotatable bonds is 0. The molecular weight excluding hydrogens is 204 g/mol. The van der Waals surface area contributed by atoms with Crippen LogP contribution < -0.4 is 0 Å². The van der Waals surface area contributed by atoms with E-state index >= 15 is 0 Å². The number of hydrogen-bond acceptors (Lipinski definition) is 2. The summed E-state index contributed by atoms with van der Waals surface area (Å²) in [5.41, 5.74) is 1.38. The van der Waals surface area contributed by atoms with Gasteiger partial charge in [0.05, 0.1) is 6.10 Å². The van der Waals surface area contributed by atoms with Crippen molar-refractivity contribution < 1.29 is 5.11 Å². The Morgan fingerprint density at radius 3 is 2.53 bits per heavy atom. The van der Waals surface area contributed by atoms with Gasteiger partial charge in [-0.25, -0.2) is 0 Å². The summed E-state index contributed by atoms with van der Waals surface area (Å²) in [5.74, 6) is 0.833. The molecular formula is C13H22OS. The molecule has 1 aliphatic carbocycles. The van der Waals surface area contributed by atoms with Crippen molar-refractivity contribution in [3.63, 3.8) is 0 Å². The predicted molar refractivity (Wildman–Crippen MR) is 67.5 cm³/mol. The summed E-state index contributed by atoms with van der Waals surface area (Å²) >= 11 is 1.75. The molecule has 1 unspecified atom stereocenters. The van der Waals surface area contributed by atoms with Crippen LogP contribution in [0.2, 0.25) is 0 Å². The normalized spacial score (nSPS) is 19.5. The van der Waals surface area contributed by atoms with Crippen LogP contribution in [-0.2, 0) is 6.42 Å². The lowest BCUT2D eigenvalue weighted by Crippen LogP contribution is -2.04. The smallest absolute Gasteiger partial charge is 0.0884 e. The molecule has 1 atom stereocenters. The minimum Gasteiger partial charge on any atom is -0.388 e. The predicted octanol–water partition coefficient (Wildman–Crippen LogP) is 4.09. The fourth-order valence-electron chi connectivity index (χ4n) is 1.68. The highest BCUT2D eigenvalue weighted by atomic mass is 32.1. The Balaban J connectivity index is 0.000000245. The van der Waals surface area contributed by atoms with Crippen molar-refractivity contribution >= 4 is 11.3 Å². The molecule has 0 saturated heterocycles. The van der Waals surface area contributed by atoms with Gasteiger partial charge < -0.3 is 5.11 Å². The van der Waals surface area contributed by atoms with E-state index in [0.29, 0.717) is 0 Å². The van der Waals surface area contributed by atoms with Gasteiger partial charge in [0.1, 0.15) is 0 Å². The molecule has 86 valence electrons. The average molecular weight is 226 g/mol. The summed E-state index contributed by atoms with van der Waals surface area (Å²) in [6, 6.07) is 2.21. The third kappa shape index (κ3) is 3.96. The van der Waals surface area contributed by atoms with Crippen LogP contribution >= 0.6 is 11.3 Å². The molecule has 1 aromatic heterocycles. The van der Waals surface area contributed by atoms with Crippen molar-refractivity contribution in [2.75, 3.05) is 0 Å². The van der Waals surface area contributed by atoms with E-state index in [1.54, 1.807) is 11.3 Å². The van der Waals surface area contributed by atoms with E-state index in [-0.39, 0.29) is 6.10 Å². The average Bonchev–Trinajstić information content (AvgIpc) is 2.46. The Labute approximate surface area is 97.2 Å². The summed E-state index contributed by atoms with van der Waals surface area (Å²) in [5, 5.41) is 9.59. The third-order valence-corrected chi connectivity index (χ3v) is 3.39. The number of aryl methyl sites for hydroxylation is 2. The van der Waals surface area contributed by atoms with E-state index in [9.17, 15) is 5.11 Å². The van der Waals surface area contributed by atoms with Gasteiger partial charge >= 0.3 is 0 Å². The first-order chi connectivity index (χ1) is 7.00. The quantitative estimate of drug-likeness (QED) is 0.706. The molecule has 1 nitrogen and oxygen atoms in total. The fourth-order valence-corrected chi connectivity index (χ4v) is 2.77. The summed E-state index contributed by atoms with van der Waals surface area (Å²) in [4.78, 5) is 2.55. The topological polar surface area (TPSA) is 20.2 Å². The maximum absolute atomic E-state index is 9.59. The van der Waals surface area contributed by atoms with Crippen LogP contribution in [0.3, 0.4) is 0 Å². The van der Waals surface area contributed by atoms with Crippen LogP contribution in [0.5, 0.6) is 0 Å². The standard InChI is InChI=1S/C9H12OS.C4H10/c1-6-5-7-3-2-4-8(10)9(7)11-6;1-4(2)3/h5,8,10H,2-4H2,1H3;4H,1-3H3. The first-order valence-corrected chi connectivity index (χ1v) is 6.59. The first-order valence-electron chi connectivity index (χ1n) is 5.78. The number of aliphatic hydroxyl groups is 1. The van der Waals surface area contributed by atoms with Crippen molar-refractivity contribution in [3.05, 3.63) is 21.4 Å². The molecule has 15 heavy (non-hydrogen) atoms. The Morgan fingerprint density at radius 2 is 2.00 bits per heavy atom. The monoisotopic (exact) mass is 226 g/mol. The van der Waals surface area contributed by atoms with E-state index < -0.39 is 0 Å². The second kappa shape index (κ2) is 5.66. The summed E-state index contributed by atoms with van der Waals surface area (Å²) in [6.45, 7) is 8.61. The highest BCUT2D eigenvalue weighted by Gasteiger charge is 2.19. The zero-order valence-corrected chi connectivity index (χ0v) is 11.0. The zero-order chi connectivity index (χ0) is 11.4. The molecule has 0 saturated carbocycles. The highest BCUT2D eigenvalue weighted by molar-refractivity contribution is 7.12. The van der Waals surface area contributed by atoms with Crippen LogP contribution in [0.1, 0.15) is 55.0 Å². The fraction of sp³-hybridized carbons (Fsp3) is 0.692. The van der Waals surface area contributed by atoms with E-state index in [0.717, 1.165) is 25.2 Å². The maximum Gasteiger partial charge on any atom is 0.0884 e. The molecule has 0 bridgehead atoms. The van der Waals surface area contributed by atoms with E-state index in [2.05, 4.69) is 33.8 Å². The van der Waals surface area contributed by atoms with Crippen LogP contribution in [0.4, 0.5) is 0 Å². The van der Waals surface area contributed by atoms with Crippen LogP contribution in [0.15, 0.2) is 6.07 Å². The van der Waals surface area contributed by atoms with Gasteiger partial charge in [-0.05, 0) is 43.7 Å². The lowest BCUT2D eigenvalue weighted by molar-refractivity contribution is 0.161. The maximum atomic E-state index is 9.59. The van der Waals surface area contributed by atoms with Gasteiger partial charge in [-0.2, -0.15) is 0 Å². The second-order valence-corrected chi connectivity index (χ2v) is 6.17. The molecule has 1 aliphatic rings. The third-order valence-electron chi connectivity index (χ3n) is 2.19. The summed E-state index contributed by atoms with van der Waals surface area (Å²) in [6.07, 6.45) is 3.09. The van der Waals surface area contributed by atoms with Gasteiger partial charge in [0.2, 0.25) is 0 Å². The van der Waals surface area contributed by atoms with Gasteiger partial charge in [-0.1, -0.05) is 20.8 Å². The van der Waals surface area contributed by atoms with E-state index in [1.165, 1.54) is 15.3 Å².